The SMILES string of the molecule is Cl.Cl.[Co+2].[O]=[Sn][O-].[O]=[Sn][O-]. The molecule has 0 rings (SSSR count). The van der Waals surface area contributed by atoms with Gasteiger partial charge in [0.1, 0.15) is 0 Å². The van der Waals surface area contributed by atoms with Gasteiger partial charge in [-0.3, -0.25) is 0 Å². The first-order valence-electron chi connectivity index (χ1n) is 0.816. The molecule has 0 heterocycles. The molecule has 0 aliphatic rings. The minimum atomic E-state index is -2.27. The molecule has 0 unspecified atom stereocenters. The Labute approximate surface area is 96.5 Å². The first kappa shape index (κ1) is 30.3. The number of hydrogen-bond donors (Lipinski definition) is 0. The van der Waals surface area contributed by atoms with E-state index in [9.17, 15) is 0 Å². The van der Waals surface area contributed by atoms with Crippen molar-refractivity contribution in [3.05, 3.63) is 0 Å². The van der Waals surface area contributed by atoms with Gasteiger partial charge in [0.25, 0.3) is 0 Å². The third-order valence-corrected chi connectivity index (χ3v) is 0. The number of hydrogen-bond acceptors (Lipinski definition) is 4. The molecule has 0 bridgehead atoms. The van der Waals surface area contributed by atoms with E-state index in [1.807, 2.05) is 0 Å². The molecular weight excluding hydrogens is 431 g/mol. The second kappa shape index (κ2) is 48.9. The molecular formula is H2Cl2CoO4Sn2. The Kier molecular flexibility index (Phi) is 165. The molecule has 9 heavy (non-hydrogen) atoms. The van der Waals surface area contributed by atoms with Gasteiger partial charge in [-0.25, -0.2) is 0 Å². The summed E-state index contributed by atoms with van der Waals surface area (Å²) in [5.74, 6) is 0. The van der Waals surface area contributed by atoms with Crippen LogP contribution in [0.5, 0.6) is 0 Å². The van der Waals surface area contributed by atoms with Crippen LogP contribution in [-0.2, 0) is 22.9 Å². The fraction of sp³-hybridized carbons (Fsp3) is 0. The number of halogens is 2. The predicted octanol–water partition coefficient (Wildman–Crippen LogP) is -2.54. The van der Waals surface area contributed by atoms with Crippen LogP contribution in [0, 0.1) is 0 Å². The Morgan fingerprint density at radius 1 is 0.889 bits per heavy atom. The zero-order valence-electron chi connectivity index (χ0n) is 3.78. The summed E-state index contributed by atoms with van der Waals surface area (Å²) in [4.78, 5) is 0. The number of rotatable bonds is 0. The molecule has 9 heteroatoms. The van der Waals surface area contributed by atoms with E-state index >= 15 is 0 Å². The quantitative estimate of drug-likeness (QED) is 0.395. The molecule has 0 saturated carbocycles. The summed E-state index contributed by atoms with van der Waals surface area (Å²) in [5.41, 5.74) is 0. The first-order chi connectivity index (χ1) is 2.83. The summed E-state index contributed by atoms with van der Waals surface area (Å²) in [6.07, 6.45) is 0. The van der Waals surface area contributed by atoms with E-state index in [1.165, 1.54) is 0 Å². The molecule has 57 valence electrons. The topological polar surface area (TPSA) is 80.3 Å². The van der Waals surface area contributed by atoms with Crippen LogP contribution < -0.4 is 6.89 Å². The summed E-state index contributed by atoms with van der Waals surface area (Å²) in [6.45, 7) is 0. The molecule has 0 aliphatic carbocycles. The van der Waals surface area contributed by atoms with Gasteiger partial charge in [0.2, 0.25) is 0 Å². The zero-order chi connectivity index (χ0) is 5.41. The standard InChI is InChI=1S/2ClH.Co.4O.2Sn/h2*1H;;;;;;;/q;;+2;;;2*-1;;. The van der Waals surface area contributed by atoms with Gasteiger partial charge in [0.15, 0.2) is 0 Å². The van der Waals surface area contributed by atoms with Crippen LogP contribution >= 0.6 is 24.8 Å². The van der Waals surface area contributed by atoms with Crippen LogP contribution in [0.2, 0.25) is 0 Å². The average Bonchev–Trinajstić information content (AvgIpc) is 1.39. The molecule has 0 fully saturated rings. The van der Waals surface area contributed by atoms with Crippen LogP contribution in [0.1, 0.15) is 0 Å². The van der Waals surface area contributed by atoms with Gasteiger partial charge in [-0.2, -0.15) is 0 Å². The van der Waals surface area contributed by atoms with E-state index in [1.54, 1.807) is 0 Å². The Morgan fingerprint density at radius 3 is 0.889 bits per heavy atom. The van der Waals surface area contributed by atoms with Crippen LogP contribution in [0.4, 0.5) is 0 Å². The summed E-state index contributed by atoms with van der Waals surface area (Å²) in [7, 11) is 0. The van der Waals surface area contributed by atoms with Gasteiger partial charge in [0.05, 0.1) is 0 Å². The van der Waals surface area contributed by atoms with Crippen LogP contribution in [-0.4, -0.2) is 43.1 Å². The second-order valence-corrected chi connectivity index (χ2v) is 1.12. The fourth-order valence-corrected chi connectivity index (χ4v) is 0. The molecule has 3 radical (unpaired) electrons. The monoisotopic (exact) mass is 435 g/mol. The summed E-state index contributed by atoms with van der Waals surface area (Å²) in [5, 5.41) is 0. The summed E-state index contributed by atoms with van der Waals surface area (Å²) in [6, 6.07) is 0. The van der Waals surface area contributed by atoms with Gasteiger partial charge in [-0.15, -0.1) is 24.8 Å². The molecule has 0 spiro atoms. The maximum absolute atomic E-state index is 8.54. The van der Waals surface area contributed by atoms with Crippen molar-refractivity contribution in [3.63, 3.8) is 0 Å². The molecule has 0 aromatic carbocycles. The van der Waals surface area contributed by atoms with Gasteiger partial charge in [0, 0.05) is 0 Å². The zero-order valence-corrected chi connectivity index (χ0v) is 12.2. The molecule has 0 atom stereocenters. The average molecular weight is 433 g/mol. The van der Waals surface area contributed by atoms with E-state index in [-0.39, 0.29) is 41.6 Å². The van der Waals surface area contributed by atoms with Crippen molar-refractivity contribution in [2.24, 2.45) is 0 Å². The van der Waals surface area contributed by atoms with E-state index < -0.39 is 43.1 Å². The van der Waals surface area contributed by atoms with Crippen molar-refractivity contribution in [2.45, 2.75) is 0 Å². The Morgan fingerprint density at radius 2 is 0.889 bits per heavy atom. The van der Waals surface area contributed by atoms with Crippen LogP contribution in [0.15, 0.2) is 0 Å². The van der Waals surface area contributed by atoms with Crippen molar-refractivity contribution in [1.29, 1.82) is 0 Å². The van der Waals surface area contributed by atoms with Gasteiger partial charge in [-0.05, 0) is 0 Å². The predicted molar refractivity (Wildman–Crippen MR) is 27.4 cm³/mol. The van der Waals surface area contributed by atoms with Gasteiger partial charge < -0.3 is 0 Å². The van der Waals surface area contributed by atoms with E-state index in [0.717, 1.165) is 0 Å². The van der Waals surface area contributed by atoms with Crippen molar-refractivity contribution < 1.29 is 29.8 Å². The third kappa shape index (κ3) is 141. The molecule has 0 N–H and O–H groups in total. The minimum absolute atomic E-state index is 0. The van der Waals surface area contributed by atoms with E-state index in [0.29, 0.717) is 0 Å². The van der Waals surface area contributed by atoms with Crippen LogP contribution in [0.25, 0.3) is 0 Å². The molecule has 4 nitrogen and oxygen atoms in total. The maximum atomic E-state index is 8.54. The Bertz CT molecular complexity index is 37.5. The summed E-state index contributed by atoms with van der Waals surface area (Å²) < 4.78 is 34.2. The second-order valence-electron chi connectivity index (χ2n) is 0.167. The molecule has 0 saturated heterocycles. The summed E-state index contributed by atoms with van der Waals surface area (Å²) >= 11 is -4.54. The van der Waals surface area contributed by atoms with Crippen molar-refractivity contribution in [1.82, 2.24) is 0 Å². The normalized spacial score (nSPS) is 2.89. The van der Waals surface area contributed by atoms with E-state index in [2.05, 4.69) is 0 Å². The Balaban J connectivity index is -0.00000000889. The third-order valence-electron chi connectivity index (χ3n) is 0. The van der Waals surface area contributed by atoms with E-state index in [4.69, 9.17) is 13.0 Å². The van der Waals surface area contributed by atoms with Crippen molar-refractivity contribution >= 4 is 67.9 Å². The molecule has 0 aromatic heterocycles. The molecule has 0 aromatic rings. The van der Waals surface area contributed by atoms with Crippen molar-refractivity contribution in [3.8, 4) is 0 Å². The Hall–Kier alpha value is 2.20. The van der Waals surface area contributed by atoms with Gasteiger partial charge >= 0.3 is 72.9 Å². The van der Waals surface area contributed by atoms with Crippen molar-refractivity contribution in [2.75, 3.05) is 0 Å². The van der Waals surface area contributed by atoms with Gasteiger partial charge in [-0.1, -0.05) is 0 Å². The first-order valence-corrected chi connectivity index (χ1v) is 5.48. The fourth-order valence-electron chi connectivity index (χ4n) is 0. The van der Waals surface area contributed by atoms with Crippen LogP contribution in [0.3, 0.4) is 0 Å². The molecule has 0 amide bonds. The molecule has 0 aliphatic heterocycles.